The summed E-state index contributed by atoms with van der Waals surface area (Å²) in [6.07, 6.45) is 10.3. The minimum atomic E-state index is -0.666. The van der Waals surface area contributed by atoms with Crippen molar-refractivity contribution < 1.29 is 5.11 Å². The number of nitrogens with zero attached hydrogens (tertiary/aromatic N) is 1. The molecule has 0 saturated heterocycles. The van der Waals surface area contributed by atoms with E-state index in [1.165, 1.54) is 35.6 Å². The van der Waals surface area contributed by atoms with E-state index < -0.39 is 5.60 Å². The van der Waals surface area contributed by atoms with E-state index in [2.05, 4.69) is 60.5 Å². The molecule has 2 heteroatoms. The largest absolute Gasteiger partial charge is 0.386 e. The Labute approximate surface area is 152 Å². The molecule has 3 rings (SSSR count). The van der Waals surface area contributed by atoms with E-state index in [-0.39, 0.29) is 0 Å². The fourth-order valence-electron chi connectivity index (χ4n) is 4.08. The van der Waals surface area contributed by atoms with Crippen LogP contribution in [-0.4, -0.2) is 29.2 Å². The van der Waals surface area contributed by atoms with Gasteiger partial charge in [0.15, 0.2) is 0 Å². The van der Waals surface area contributed by atoms with E-state index in [0.29, 0.717) is 5.92 Å². The second kappa shape index (κ2) is 8.16. The van der Waals surface area contributed by atoms with Crippen molar-refractivity contribution in [3.05, 3.63) is 60.2 Å². The minimum Gasteiger partial charge on any atom is -0.386 e. The number of hydrogen-bond donors (Lipinski definition) is 1. The van der Waals surface area contributed by atoms with Crippen LogP contribution >= 0.6 is 0 Å². The topological polar surface area (TPSA) is 23.5 Å². The Hall–Kier alpha value is -1.64. The van der Waals surface area contributed by atoms with E-state index in [1.54, 1.807) is 0 Å². The summed E-state index contributed by atoms with van der Waals surface area (Å²) in [6, 6.07) is 15.1. The molecule has 1 unspecified atom stereocenters. The highest BCUT2D eigenvalue weighted by Gasteiger charge is 2.30. The summed E-state index contributed by atoms with van der Waals surface area (Å²) in [7, 11) is 2.14. The lowest BCUT2D eigenvalue weighted by Crippen LogP contribution is -2.34. The summed E-state index contributed by atoms with van der Waals surface area (Å²) < 4.78 is 0. The lowest BCUT2D eigenvalue weighted by atomic mass is 9.78. The zero-order chi connectivity index (χ0) is 17.7. The van der Waals surface area contributed by atoms with Gasteiger partial charge in [0, 0.05) is 13.1 Å². The van der Waals surface area contributed by atoms with Gasteiger partial charge in [-0.1, -0.05) is 73.9 Å². The smallest absolute Gasteiger partial charge is 0.0828 e. The standard InChI is InChI=1S/C23H31NO/c1-23(25,21-13-4-3-5-14-21)16-9-17-24(2)18-20-12-8-11-19-10-6-7-15-22(19)20/h6-12,15-16,21,25H,3-5,13-14,17-18H2,1-2H3. The molecule has 2 nitrogen and oxygen atoms in total. The molecule has 0 spiro atoms. The summed E-state index contributed by atoms with van der Waals surface area (Å²) in [5.74, 6) is 0.417. The van der Waals surface area contributed by atoms with Crippen molar-refractivity contribution in [3.63, 3.8) is 0 Å². The molecule has 1 aliphatic carbocycles. The predicted octanol–water partition coefficient (Wildman–Crippen LogP) is 5.16. The highest BCUT2D eigenvalue weighted by Crippen LogP contribution is 2.33. The van der Waals surface area contributed by atoms with Crippen molar-refractivity contribution in [2.45, 2.75) is 51.2 Å². The maximum absolute atomic E-state index is 10.8. The summed E-state index contributed by atoms with van der Waals surface area (Å²) in [5.41, 5.74) is 0.689. The zero-order valence-electron chi connectivity index (χ0n) is 15.6. The normalized spacial score (nSPS) is 18.9. The summed E-state index contributed by atoms with van der Waals surface area (Å²) in [5, 5.41) is 13.4. The van der Waals surface area contributed by atoms with Crippen LogP contribution in [0.2, 0.25) is 0 Å². The first-order valence-electron chi connectivity index (χ1n) is 9.61. The molecule has 1 atom stereocenters. The van der Waals surface area contributed by atoms with Crippen molar-refractivity contribution in [2.24, 2.45) is 5.92 Å². The summed E-state index contributed by atoms with van der Waals surface area (Å²) >= 11 is 0. The number of fused-ring (bicyclic) bond motifs is 1. The van der Waals surface area contributed by atoms with Gasteiger partial charge in [-0.3, -0.25) is 4.90 Å². The Kier molecular flexibility index (Phi) is 5.93. The van der Waals surface area contributed by atoms with E-state index >= 15 is 0 Å². The van der Waals surface area contributed by atoms with Crippen molar-refractivity contribution in [1.29, 1.82) is 0 Å². The van der Waals surface area contributed by atoms with Gasteiger partial charge < -0.3 is 5.11 Å². The number of aliphatic hydroxyl groups is 1. The van der Waals surface area contributed by atoms with Crippen LogP contribution in [0.3, 0.4) is 0 Å². The molecule has 0 bridgehead atoms. The molecule has 1 N–H and O–H groups in total. The molecule has 1 fully saturated rings. The molecule has 1 aliphatic rings. The first-order valence-corrected chi connectivity index (χ1v) is 9.61. The molecular formula is C23H31NO. The third-order valence-electron chi connectivity index (χ3n) is 5.62. The maximum Gasteiger partial charge on any atom is 0.0828 e. The second-order valence-corrected chi connectivity index (χ2v) is 7.80. The average Bonchev–Trinajstić information content (AvgIpc) is 2.63. The Morgan fingerprint density at radius 1 is 1.08 bits per heavy atom. The van der Waals surface area contributed by atoms with Gasteiger partial charge in [0.1, 0.15) is 0 Å². The molecule has 2 aromatic carbocycles. The Balaban J connectivity index is 1.59. The highest BCUT2D eigenvalue weighted by atomic mass is 16.3. The number of likely N-dealkylation sites (N-methyl/N-ethyl adjacent to an activating group) is 1. The zero-order valence-corrected chi connectivity index (χ0v) is 15.6. The van der Waals surface area contributed by atoms with Gasteiger partial charge in [-0.2, -0.15) is 0 Å². The van der Waals surface area contributed by atoms with Crippen LogP contribution in [0.5, 0.6) is 0 Å². The molecule has 1 saturated carbocycles. The molecular weight excluding hydrogens is 306 g/mol. The van der Waals surface area contributed by atoms with Gasteiger partial charge in [0.25, 0.3) is 0 Å². The summed E-state index contributed by atoms with van der Waals surface area (Å²) in [6.45, 7) is 3.74. The predicted molar refractivity (Wildman–Crippen MR) is 107 cm³/mol. The SMILES string of the molecule is CN(CC=CC(C)(O)C1CCCCC1)Cc1cccc2ccccc12. The van der Waals surface area contributed by atoms with Gasteiger partial charge in [0.05, 0.1) is 5.60 Å². The van der Waals surface area contributed by atoms with Gasteiger partial charge in [-0.25, -0.2) is 0 Å². The fourth-order valence-corrected chi connectivity index (χ4v) is 4.08. The van der Waals surface area contributed by atoms with E-state index in [1.807, 2.05) is 13.0 Å². The van der Waals surface area contributed by atoms with Gasteiger partial charge in [0.2, 0.25) is 0 Å². The molecule has 0 radical (unpaired) electrons. The molecule has 0 heterocycles. The Bertz CT molecular complexity index is 708. The third-order valence-corrected chi connectivity index (χ3v) is 5.62. The van der Waals surface area contributed by atoms with Crippen LogP contribution in [0.1, 0.15) is 44.6 Å². The fraction of sp³-hybridized carbons (Fsp3) is 0.478. The number of hydrogen-bond acceptors (Lipinski definition) is 2. The van der Waals surface area contributed by atoms with Crippen LogP contribution in [-0.2, 0) is 6.54 Å². The van der Waals surface area contributed by atoms with Crippen molar-refractivity contribution in [2.75, 3.05) is 13.6 Å². The van der Waals surface area contributed by atoms with Crippen LogP contribution in [0.4, 0.5) is 0 Å². The van der Waals surface area contributed by atoms with Crippen molar-refractivity contribution in [3.8, 4) is 0 Å². The quantitative estimate of drug-likeness (QED) is 0.736. The first-order chi connectivity index (χ1) is 12.1. The summed E-state index contributed by atoms with van der Waals surface area (Å²) in [4.78, 5) is 2.30. The second-order valence-electron chi connectivity index (χ2n) is 7.80. The maximum atomic E-state index is 10.8. The first kappa shape index (κ1) is 18.2. The van der Waals surface area contributed by atoms with Gasteiger partial charge in [-0.05, 0) is 49.1 Å². The Morgan fingerprint density at radius 3 is 2.60 bits per heavy atom. The molecule has 0 amide bonds. The van der Waals surface area contributed by atoms with E-state index in [0.717, 1.165) is 25.9 Å². The third kappa shape index (κ3) is 4.71. The molecule has 0 aromatic heterocycles. The Morgan fingerprint density at radius 2 is 1.80 bits per heavy atom. The highest BCUT2D eigenvalue weighted by molar-refractivity contribution is 5.85. The monoisotopic (exact) mass is 337 g/mol. The number of benzene rings is 2. The van der Waals surface area contributed by atoms with Crippen LogP contribution in [0.15, 0.2) is 54.6 Å². The van der Waals surface area contributed by atoms with Gasteiger partial charge >= 0.3 is 0 Å². The molecule has 134 valence electrons. The van der Waals surface area contributed by atoms with Gasteiger partial charge in [-0.15, -0.1) is 0 Å². The van der Waals surface area contributed by atoms with Crippen LogP contribution < -0.4 is 0 Å². The van der Waals surface area contributed by atoms with Crippen molar-refractivity contribution >= 4 is 10.8 Å². The molecule has 2 aromatic rings. The van der Waals surface area contributed by atoms with Crippen LogP contribution in [0.25, 0.3) is 10.8 Å². The van der Waals surface area contributed by atoms with E-state index in [9.17, 15) is 5.11 Å². The van der Waals surface area contributed by atoms with Crippen molar-refractivity contribution in [1.82, 2.24) is 4.90 Å². The lowest BCUT2D eigenvalue weighted by molar-refractivity contribution is 0.0275. The molecule has 0 aliphatic heterocycles. The van der Waals surface area contributed by atoms with E-state index in [4.69, 9.17) is 0 Å². The molecule has 25 heavy (non-hydrogen) atoms. The minimum absolute atomic E-state index is 0.417. The number of rotatable bonds is 6. The average molecular weight is 338 g/mol. The van der Waals surface area contributed by atoms with Crippen LogP contribution in [0, 0.1) is 5.92 Å². The lowest BCUT2D eigenvalue weighted by Gasteiger charge is -2.33.